The van der Waals surface area contributed by atoms with Crippen LogP contribution >= 0.6 is 11.3 Å². The number of rotatable bonds is 5. The van der Waals surface area contributed by atoms with Gasteiger partial charge in [0.15, 0.2) is 0 Å². The lowest BCUT2D eigenvalue weighted by molar-refractivity contribution is -0.132. The number of hydrogen-bond acceptors (Lipinski definition) is 4. The zero-order valence-corrected chi connectivity index (χ0v) is 16.1. The quantitative estimate of drug-likeness (QED) is 0.879. The highest BCUT2D eigenvalue weighted by molar-refractivity contribution is 7.08. The van der Waals surface area contributed by atoms with Crippen molar-refractivity contribution in [1.82, 2.24) is 9.80 Å². The second-order valence-electron chi connectivity index (χ2n) is 6.78. The van der Waals surface area contributed by atoms with Gasteiger partial charge in [0.1, 0.15) is 0 Å². The highest BCUT2D eigenvalue weighted by Crippen LogP contribution is 2.19. The van der Waals surface area contributed by atoms with E-state index in [1.807, 2.05) is 53.8 Å². The number of aryl methyl sites for hydroxylation is 2. The number of hydrogen-bond donors (Lipinski definition) is 1. The molecule has 0 bridgehead atoms. The average molecular weight is 372 g/mol. The van der Waals surface area contributed by atoms with E-state index < -0.39 is 0 Å². The summed E-state index contributed by atoms with van der Waals surface area (Å²) in [5.41, 5.74) is 4.13. The first-order chi connectivity index (χ1) is 12.5. The molecule has 1 fully saturated rings. The average Bonchev–Trinajstić information content (AvgIpc) is 3.12. The Morgan fingerprint density at radius 3 is 2.38 bits per heavy atom. The Morgan fingerprint density at radius 1 is 1.08 bits per heavy atom. The van der Waals surface area contributed by atoms with E-state index in [1.165, 1.54) is 0 Å². The molecule has 0 spiro atoms. The van der Waals surface area contributed by atoms with Crippen LogP contribution in [0.4, 0.5) is 5.69 Å². The number of amides is 2. The summed E-state index contributed by atoms with van der Waals surface area (Å²) in [7, 11) is 0. The Kier molecular flexibility index (Phi) is 6.06. The minimum Gasteiger partial charge on any atom is -0.340 e. The molecule has 26 heavy (non-hydrogen) atoms. The van der Waals surface area contributed by atoms with Gasteiger partial charge in [-0.1, -0.05) is 18.2 Å². The first-order valence-corrected chi connectivity index (χ1v) is 9.84. The molecule has 1 N–H and O–H groups in total. The van der Waals surface area contributed by atoms with Gasteiger partial charge in [0.05, 0.1) is 13.0 Å². The van der Waals surface area contributed by atoms with Crippen LogP contribution in [0.5, 0.6) is 0 Å². The molecular formula is C20H25N3O2S. The number of anilines is 1. The Bertz CT molecular complexity index is 745. The minimum absolute atomic E-state index is 0.000416. The largest absolute Gasteiger partial charge is 0.340 e. The van der Waals surface area contributed by atoms with Crippen LogP contribution in [0.1, 0.15) is 16.7 Å². The number of carbonyl (C=O) groups is 2. The van der Waals surface area contributed by atoms with Crippen molar-refractivity contribution >= 4 is 28.8 Å². The van der Waals surface area contributed by atoms with Gasteiger partial charge in [-0.2, -0.15) is 11.3 Å². The molecule has 0 radical (unpaired) electrons. The summed E-state index contributed by atoms with van der Waals surface area (Å²) in [5, 5.41) is 7.04. The molecule has 0 atom stereocenters. The van der Waals surface area contributed by atoms with E-state index in [0.29, 0.717) is 26.1 Å². The van der Waals surface area contributed by atoms with Crippen LogP contribution in [0.3, 0.4) is 0 Å². The lowest BCUT2D eigenvalue weighted by Gasteiger charge is -2.34. The zero-order chi connectivity index (χ0) is 18.5. The number of benzene rings is 1. The molecule has 1 aromatic carbocycles. The summed E-state index contributed by atoms with van der Waals surface area (Å²) in [6, 6.07) is 7.99. The third-order valence-corrected chi connectivity index (χ3v) is 5.51. The number of thiophene rings is 1. The molecule has 1 saturated heterocycles. The van der Waals surface area contributed by atoms with Gasteiger partial charge in [0.25, 0.3) is 0 Å². The molecule has 5 nitrogen and oxygen atoms in total. The third kappa shape index (κ3) is 4.71. The van der Waals surface area contributed by atoms with E-state index in [2.05, 4.69) is 10.2 Å². The molecule has 2 heterocycles. The van der Waals surface area contributed by atoms with Gasteiger partial charge in [0, 0.05) is 31.9 Å². The predicted octanol–water partition coefficient (Wildman–Crippen LogP) is 2.69. The normalized spacial score (nSPS) is 15.1. The topological polar surface area (TPSA) is 52.7 Å². The molecule has 0 unspecified atom stereocenters. The number of nitrogens with one attached hydrogen (secondary N) is 1. The molecule has 2 amide bonds. The van der Waals surface area contributed by atoms with E-state index in [9.17, 15) is 9.59 Å². The molecule has 1 aliphatic heterocycles. The number of nitrogens with zero attached hydrogens (tertiary/aromatic N) is 2. The summed E-state index contributed by atoms with van der Waals surface area (Å²) in [5.74, 6) is 0.170. The Balaban J connectivity index is 1.46. The van der Waals surface area contributed by atoms with Crippen LogP contribution < -0.4 is 5.32 Å². The van der Waals surface area contributed by atoms with E-state index in [1.54, 1.807) is 11.3 Å². The fourth-order valence-corrected chi connectivity index (χ4v) is 3.90. The van der Waals surface area contributed by atoms with Crippen molar-refractivity contribution in [2.75, 3.05) is 38.0 Å². The van der Waals surface area contributed by atoms with Crippen LogP contribution in [-0.2, 0) is 16.0 Å². The smallest absolute Gasteiger partial charge is 0.238 e. The van der Waals surface area contributed by atoms with Crippen LogP contribution in [-0.4, -0.2) is 54.3 Å². The van der Waals surface area contributed by atoms with Crippen LogP contribution in [0.25, 0.3) is 0 Å². The third-order valence-electron chi connectivity index (χ3n) is 4.77. The van der Waals surface area contributed by atoms with Gasteiger partial charge in [-0.3, -0.25) is 14.5 Å². The summed E-state index contributed by atoms with van der Waals surface area (Å²) in [6.07, 6.45) is 0.469. The maximum absolute atomic E-state index is 12.4. The minimum atomic E-state index is 0.000416. The Morgan fingerprint density at radius 2 is 1.77 bits per heavy atom. The van der Waals surface area contributed by atoms with Gasteiger partial charge in [-0.05, 0) is 47.4 Å². The van der Waals surface area contributed by atoms with Crippen LogP contribution in [0.2, 0.25) is 0 Å². The van der Waals surface area contributed by atoms with Crippen LogP contribution in [0, 0.1) is 13.8 Å². The lowest BCUT2D eigenvalue weighted by atomic mass is 10.1. The SMILES string of the molecule is Cc1cccc(C)c1NC(=O)CN1CCN(C(=O)Cc2ccsc2)CC1. The molecule has 6 heteroatoms. The van der Waals surface area contributed by atoms with Crippen molar-refractivity contribution in [2.24, 2.45) is 0 Å². The second kappa shape index (κ2) is 8.47. The fraction of sp³-hybridized carbons (Fsp3) is 0.400. The fourth-order valence-electron chi connectivity index (χ4n) is 3.23. The van der Waals surface area contributed by atoms with Gasteiger partial charge in [-0.15, -0.1) is 0 Å². The summed E-state index contributed by atoms with van der Waals surface area (Å²) >= 11 is 1.61. The lowest BCUT2D eigenvalue weighted by Crippen LogP contribution is -2.50. The van der Waals surface area contributed by atoms with Crippen molar-refractivity contribution in [3.63, 3.8) is 0 Å². The van der Waals surface area contributed by atoms with Crippen molar-refractivity contribution < 1.29 is 9.59 Å². The van der Waals surface area contributed by atoms with Crippen molar-refractivity contribution in [3.05, 3.63) is 51.7 Å². The van der Waals surface area contributed by atoms with E-state index in [0.717, 1.165) is 35.5 Å². The zero-order valence-electron chi connectivity index (χ0n) is 15.3. The van der Waals surface area contributed by atoms with Gasteiger partial charge < -0.3 is 10.2 Å². The first kappa shape index (κ1) is 18.6. The standard InChI is InChI=1S/C20H25N3O2S/c1-15-4-3-5-16(2)20(15)21-18(24)13-22-7-9-23(10-8-22)19(25)12-17-6-11-26-14-17/h3-6,11,14H,7-10,12-13H2,1-2H3,(H,21,24). The predicted molar refractivity (Wildman–Crippen MR) is 106 cm³/mol. The number of carbonyl (C=O) groups excluding carboxylic acids is 2. The van der Waals surface area contributed by atoms with Gasteiger partial charge in [0.2, 0.25) is 11.8 Å². The highest BCUT2D eigenvalue weighted by Gasteiger charge is 2.22. The van der Waals surface area contributed by atoms with Crippen molar-refractivity contribution in [2.45, 2.75) is 20.3 Å². The number of piperazine rings is 1. The molecule has 0 aliphatic carbocycles. The molecule has 1 aromatic heterocycles. The van der Waals surface area contributed by atoms with E-state index in [-0.39, 0.29) is 11.8 Å². The highest BCUT2D eigenvalue weighted by atomic mass is 32.1. The molecule has 1 aliphatic rings. The van der Waals surface area contributed by atoms with Crippen molar-refractivity contribution in [3.8, 4) is 0 Å². The summed E-state index contributed by atoms with van der Waals surface area (Å²) < 4.78 is 0. The van der Waals surface area contributed by atoms with Gasteiger partial charge in [-0.25, -0.2) is 0 Å². The Labute approximate surface area is 158 Å². The summed E-state index contributed by atoms with van der Waals surface area (Å²) in [4.78, 5) is 28.7. The van der Waals surface area contributed by atoms with Gasteiger partial charge >= 0.3 is 0 Å². The second-order valence-corrected chi connectivity index (χ2v) is 7.56. The van der Waals surface area contributed by atoms with E-state index in [4.69, 9.17) is 0 Å². The van der Waals surface area contributed by atoms with E-state index >= 15 is 0 Å². The number of para-hydroxylation sites is 1. The maximum atomic E-state index is 12.4. The maximum Gasteiger partial charge on any atom is 0.238 e. The molecule has 0 saturated carbocycles. The molecule has 3 rings (SSSR count). The van der Waals surface area contributed by atoms with Crippen LogP contribution in [0.15, 0.2) is 35.0 Å². The molecular weight excluding hydrogens is 346 g/mol. The first-order valence-electron chi connectivity index (χ1n) is 8.90. The monoisotopic (exact) mass is 371 g/mol. The molecule has 2 aromatic rings. The summed E-state index contributed by atoms with van der Waals surface area (Å²) in [6.45, 7) is 7.19. The molecule has 138 valence electrons. The van der Waals surface area contributed by atoms with Crippen molar-refractivity contribution in [1.29, 1.82) is 0 Å². The Hall–Kier alpha value is -2.18.